The first-order valence-corrected chi connectivity index (χ1v) is 8.09. The number of hydrogen-bond acceptors (Lipinski definition) is 6. The van der Waals surface area contributed by atoms with Crippen molar-refractivity contribution in [2.75, 3.05) is 13.1 Å². The number of nitrogens with two attached hydrogens (primary N) is 1. The number of aliphatic hydroxyl groups excluding tert-OH is 2. The number of carboxylic acid groups (broad SMARTS) is 2. The quantitative estimate of drug-likeness (QED) is 0.476. The van der Waals surface area contributed by atoms with Gasteiger partial charge in [-0.2, -0.15) is 0 Å². The van der Waals surface area contributed by atoms with E-state index in [4.69, 9.17) is 26.2 Å². The molecular formula is C17H24N2O6. The van der Waals surface area contributed by atoms with Gasteiger partial charge in [0, 0.05) is 25.7 Å². The summed E-state index contributed by atoms with van der Waals surface area (Å²) in [5, 5.41) is 32.5. The van der Waals surface area contributed by atoms with E-state index in [9.17, 15) is 9.59 Å². The summed E-state index contributed by atoms with van der Waals surface area (Å²) >= 11 is 0. The van der Waals surface area contributed by atoms with Crippen molar-refractivity contribution >= 4 is 11.9 Å². The van der Waals surface area contributed by atoms with Crippen molar-refractivity contribution in [2.24, 2.45) is 11.1 Å². The maximum absolute atomic E-state index is 9.77. The second kappa shape index (κ2) is 7.92. The van der Waals surface area contributed by atoms with E-state index >= 15 is 0 Å². The third-order valence-electron chi connectivity index (χ3n) is 4.73. The zero-order valence-electron chi connectivity index (χ0n) is 13.8. The Morgan fingerprint density at radius 2 is 1.64 bits per heavy atom. The molecule has 2 aliphatic rings. The van der Waals surface area contributed by atoms with E-state index in [1.54, 1.807) is 0 Å². The fraction of sp³-hybridized carbons (Fsp3) is 0.529. The predicted molar refractivity (Wildman–Crippen MR) is 88.6 cm³/mol. The molecule has 0 aromatic heterocycles. The van der Waals surface area contributed by atoms with Crippen LogP contribution < -0.4 is 5.73 Å². The van der Waals surface area contributed by atoms with Gasteiger partial charge >= 0.3 is 11.9 Å². The molecule has 6 N–H and O–H groups in total. The molecule has 1 aromatic rings. The average molecular weight is 352 g/mol. The number of nitrogens with zero attached hydrogens (tertiary/aromatic N) is 1. The summed E-state index contributed by atoms with van der Waals surface area (Å²) in [6, 6.07) is 11.1. The molecule has 0 bridgehead atoms. The minimum Gasteiger partial charge on any atom is -0.479 e. The van der Waals surface area contributed by atoms with Gasteiger partial charge in [0.1, 0.15) is 0 Å². The summed E-state index contributed by atoms with van der Waals surface area (Å²) in [6.07, 6.45) is -1.84. The highest BCUT2D eigenvalue weighted by Crippen LogP contribution is 2.52. The summed E-state index contributed by atoms with van der Waals surface area (Å²) < 4.78 is 0. The largest absolute Gasteiger partial charge is 0.479 e. The van der Waals surface area contributed by atoms with Gasteiger partial charge in [-0.1, -0.05) is 30.3 Å². The Labute approximate surface area is 145 Å². The molecule has 1 aliphatic carbocycles. The van der Waals surface area contributed by atoms with Crippen molar-refractivity contribution < 1.29 is 30.0 Å². The van der Waals surface area contributed by atoms with Crippen LogP contribution in [-0.2, 0) is 16.1 Å². The summed E-state index contributed by atoms with van der Waals surface area (Å²) in [5.74, 6) is -3.54. The van der Waals surface area contributed by atoms with E-state index in [2.05, 4.69) is 35.2 Å². The van der Waals surface area contributed by atoms with Gasteiger partial charge in [0.25, 0.3) is 0 Å². The summed E-state index contributed by atoms with van der Waals surface area (Å²) in [4.78, 5) is 22.1. The van der Waals surface area contributed by atoms with Crippen LogP contribution >= 0.6 is 0 Å². The van der Waals surface area contributed by atoms with Gasteiger partial charge in [0.05, 0.1) is 0 Å². The SMILES string of the molecule is N[C@@H]1CN(Cc2ccccc2)CC12CC2.O=C(O)C(O)[C@H](O)C(=O)O. The van der Waals surface area contributed by atoms with Crippen LogP contribution in [0.25, 0.3) is 0 Å². The molecule has 1 aromatic carbocycles. The predicted octanol–water partition coefficient (Wildman–Crippen LogP) is -0.513. The smallest absolute Gasteiger partial charge is 0.335 e. The number of rotatable bonds is 5. The second-order valence-electron chi connectivity index (χ2n) is 6.69. The molecule has 2 fully saturated rings. The normalized spacial score (nSPS) is 23.4. The average Bonchev–Trinajstić information content (AvgIpc) is 3.28. The van der Waals surface area contributed by atoms with Crippen LogP contribution in [0.4, 0.5) is 0 Å². The molecule has 1 saturated carbocycles. The van der Waals surface area contributed by atoms with Crippen molar-refractivity contribution in [3.8, 4) is 0 Å². The van der Waals surface area contributed by atoms with Crippen LogP contribution in [0.1, 0.15) is 18.4 Å². The number of carbonyl (C=O) groups is 2. The number of likely N-dealkylation sites (tertiary alicyclic amines) is 1. The molecule has 138 valence electrons. The Morgan fingerprint density at radius 1 is 1.12 bits per heavy atom. The monoisotopic (exact) mass is 352 g/mol. The third kappa shape index (κ3) is 4.99. The Hall–Kier alpha value is -2.00. The van der Waals surface area contributed by atoms with Gasteiger partial charge in [-0.25, -0.2) is 9.59 Å². The number of carboxylic acids is 2. The first-order chi connectivity index (χ1) is 11.7. The number of hydrogen-bond donors (Lipinski definition) is 5. The van der Waals surface area contributed by atoms with Crippen molar-refractivity contribution in [3.05, 3.63) is 35.9 Å². The lowest BCUT2D eigenvalue weighted by atomic mass is 10.0. The Balaban J connectivity index is 0.000000199. The van der Waals surface area contributed by atoms with Gasteiger partial charge in [0.15, 0.2) is 12.2 Å². The Kier molecular flexibility index (Phi) is 6.12. The molecule has 1 spiro atoms. The minimum atomic E-state index is -2.27. The standard InChI is InChI=1S/C13H18N2.C4H6O6/c14-12-9-15(10-13(12)6-7-13)8-11-4-2-1-3-5-11;5-1(3(7)8)2(6)4(9)10/h1-5,12H,6-10,14H2;1-2,5-6H,(H,7,8)(H,9,10)/t12-;1-,2?/m10/s1. The van der Waals surface area contributed by atoms with Crippen LogP contribution in [0.3, 0.4) is 0 Å². The molecular weight excluding hydrogens is 328 g/mol. The molecule has 1 unspecified atom stereocenters. The minimum absolute atomic E-state index is 0.418. The van der Waals surface area contributed by atoms with E-state index in [0.717, 1.165) is 13.1 Å². The van der Waals surface area contributed by atoms with Crippen LogP contribution in [0, 0.1) is 5.41 Å². The maximum atomic E-state index is 9.77. The van der Waals surface area contributed by atoms with Crippen LogP contribution in [0.2, 0.25) is 0 Å². The van der Waals surface area contributed by atoms with Crippen LogP contribution in [0.15, 0.2) is 30.3 Å². The molecule has 0 amide bonds. The van der Waals surface area contributed by atoms with Gasteiger partial charge in [0.2, 0.25) is 0 Å². The first kappa shape index (κ1) is 19.3. The fourth-order valence-corrected chi connectivity index (χ4v) is 3.02. The Bertz CT molecular complexity index is 586. The molecule has 8 heteroatoms. The number of benzene rings is 1. The summed E-state index contributed by atoms with van der Waals surface area (Å²) in [7, 11) is 0. The van der Waals surface area contributed by atoms with Crippen LogP contribution in [0.5, 0.6) is 0 Å². The lowest BCUT2D eigenvalue weighted by Gasteiger charge is -2.15. The van der Waals surface area contributed by atoms with E-state index in [0.29, 0.717) is 11.5 Å². The van der Waals surface area contributed by atoms with Gasteiger partial charge in [-0.3, -0.25) is 4.90 Å². The zero-order valence-corrected chi connectivity index (χ0v) is 13.8. The maximum Gasteiger partial charge on any atom is 0.335 e. The van der Waals surface area contributed by atoms with Gasteiger partial charge in [-0.15, -0.1) is 0 Å². The van der Waals surface area contributed by atoms with Gasteiger partial charge in [-0.05, 0) is 23.8 Å². The van der Waals surface area contributed by atoms with E-state index < -0.39 is 24.1 Å². The molecule has 8 nitrogen and oxygen atoms in total. The molecule has 1 heterocycles. The molecule has 0 radical (unpaired) electrons. The lowest BCUT2D eigenvalue weighted by Crippen LogP contribution is -2.39. The fourth-order valence-electron chi connectivity index (χ4n) is 3.02. The van der Waals surface area contributed by atoms with E-state index in [1.165, 1.54) is 24.9 Å². The summed E-state index contributed by atoms with van der Waals surface area (Å²) in [6.45, 7) is 3.36. The first-order valence-electron chi connectivity index (χ1n) is 8.09. The molecule has 1 aliphatic heterocycles. The van der Waals surface area contributed by atoms with Crippen molar-refractivity contribution in [1.82, 2.24) is 4.90 Å². The highest BCUT2D eigenvalue weighted by atomic mass is 16.4. The number of aliphatic carboxylic acids is 2. The zero-order chi connectivity index (χ0) is 18.6. The van der Waals surface area contributed by atoms with Gasteiger partial charge < -0.3 is 26.2 Å². The van der Waals surface area contributed by atoms with Crippen molar-refractivity contribution in [3.63, 3.8) is 0 Å². The van der Waals surface area contributed by atoms with Crippen molar-refractivity contribution in [2.45, 2.75) is 37.6 Å². The van der Waals surface area contributed by atoms with E-state index in [1.807, 2.05) is 0 Å². The Morgan fingerprint density at radius 3 is 2.04 bits per heavy atom. The summed E-state index contributed by atoms with van der Waals surface area (Å²) in [5.41, 5.74) is 8.09. The molecule has 25 heavy (non-hydrogen) atoms. The molecule has 1 saturated heterocycles. The highest BCUT2D eigenvalue weighted by Gasteiger charge is 2.53. The number of aliphatic hydroxyl groups is 2. The molecule has 3 rings (SSSR count). The second-order valence-corrected chi connectivity index (χ2v) is 6.69. The molecule has 3 atom stereocenters. The topological polar surface area (TPSA) is 144 Å². The lowest BCUT2D eigenvalue weighted by molar-refractivity contribution is -0.165. The van der Waals surface area contributed by atoms with E-state index in [-0.39, 0.29) is 0 Å². The van der Waals surface area contributed by atoms with Crippen molar-refractivity contribution in [1.29, 1.82) is 0 Å². The third-order valence-corrected chi connectivity index (χ3v) is 4.73. The van der Waals surface area contributed by atoms with Crippen LogP contribution in [-0.4, -0.2) is 68.6 Å². The highest BCUT2D eigenvalue weighted by molar-refractivity contribution is 5.83.